The Kier molecular flexibility index (Phi) is 4.88. The van der Waals surface area contributed by atoms with Gasteiger partial charge in [-0.15, -0.1) is 0 Å². The van der Waals surface area contributed by atoms with Crippen molar-refractivity contribution in [2.45, 2.75) is 0 Å². The molecule has 0 unspecified atom stereocenters. The van der Waals surface area contributed by atoms with Crippen LogP contribution in [0.2, 0.25) is 0 Å². The SMILES string of the molecule is COCCOCCNC(=O)c1ccc2cn[nH]c2c1. The number of amides is 1. The Morgan fingerprint density at radius 1 is 1.37 bits per heavy atom. The van der Waals surface area contributed by atoms with Gasteiger partial charge in [0.05, 0.1) is 31.5 Å². The predicted octanol–water partition coefficient (Wildman–Crippen LogP) is 0.956. The van der Waals surface area contributed by atoms with Crippen LogP contribution in [0.1, 0.15) is 10.4 Å². The van der Waals surface area contributed by atoms with Crippen molar-refractivity contribution >= 4 is 16.8 Å². The standard InChI is InChI=1S/C13H17N3O3/c1-18-6-7-19-5-4-14-13(17)10-2-3-11-9-15-16-12(11)8-10/h2-3,8-9H,4-7H2,1H3,(H,14,17)(H,15,16). The smallest absolute Gasteiger partial charge is 0.251 e. The predicted molar refractivity (Wildman–Crippen MR) is 71.1 cm³/mol. The number of H-pyrrole nitrogens is 1. The van der Waals surface area contributed by atoms with E-state index in [-0.39, 0.29) is 5.91 Å². The van der Waals surface area contributed by atoms with Gasteiger partial charge in [0.1, 0.15) is 0 Å². The summed E-state index contributed by atoms with van der Waals surface area (Å²) in [5, 5.41) is 10.5. The summed E-state index contributed by atoms with van der Waals surface area (Å²) >= 11 is 0. The van der Waals surface area contributed by atoms with Crippen LogP contribution < -0.4 is 5.32 Å². The molecule has 0 atom stereocenters. The molecule has 6 nitrogen and oxygen atoms in total. The summed E-state index contributed by atoms with van der Waals surface area (Å²) in [4.78, 5) is 11.9. The molecule has 2 aromatic rings. The molecule has 0 aliphatic rings. The molecule has 0 saturated heterocycles. The minimum Gasteiger partial charge on any atom is -0.382 e. The van der Waals surface area contributed by atoms with Gasteiger partial charge in [-0.3, -0.25) is 9.89 Å². The van der Waals surface area contributed by atoms with Gasteiger partial charge in [0, 0.05) is 24.6 Å². The van der Waals surface area contributed by atoms with Gasteiger partial charge in [-0.2, -0.15) is 5.10 Å². The molecule has 0 saturated carbocycles. The number of fused-ring (bicyclic) bond motifs is 1. The number of benzene rings is 1. The molecule has 0 aliphatic carbocycles. The number of nitrogens with zero attached hydrogens (tertiary/aromatic N) is 1. The fourth-order valence-corrected chi connectivity index (χ4v) is 1.66. The van der Waals surface area contributed by atoms with E-state index in [1.807, 2.05) is 6.07 Å². The number of methoxy groups -OCH3 is 1. The van der Waals surface area contributed by atoms with E-state index < -0.39 is 0 Å². The van der Waals surface area contributed by atoms with Crippen LogP contribution in [0.25, 0.3) is 10.9 Å². The molecule has 102 valence electrons. The Labute approximate surface area is 111 Å². The molecule has 0 radical (unpaired) electrons. The zero-order valence-corrected chi connectivity index (χ0v) is 10.8. The van der Waals surface area contributed by atoms with Crippen LogP contribution >= 0.6 is 0 Å². The van der Waals surface area contributed by atoms with Crippen LogP contribution in [0.15, 0.2) is 24.4 Å². The maximum atomic E-state index is 11.9. The van der Waals surface area contributed by atoms with E-state index in [9.17, 15) is 4.79 Å². The molecule has 0 bridgehead atoms. The Morgan fingerprint density at radius 2 is 2.26 bits per heavy atom. The first kappa shape index (κ1) is 13.5. The van der Waals surface area contributed by atoms with Crippen molar-refractivity contribution in [1.29, 1.82) is 0 Å². The third kappa shape index (κ3) is 3.77. The molecule has 1 amide bonds. The number of hydrogen-bond donors (Lipinski definition) is 2. The number of aromatic amines is 1. The fraction of sp³-hybridized carbons (Fsp3) is 0.385. The summed E-state index contributed by atoms with van der Waals surface area (Å²) in [6.07, 6.45) is 1.72. The average Bonchev–Trinajstić information content (AvgIpc) is 2.89. The molecule has 0 fully saturated rings. The highest BCUT2D eigenvalue weighted by Gasteiger charge is 2.06. The Morgan fingerprint density at radius 3 is 3.11 bits per heavy atom. The number of aromatic nitrogens is 2. The number of ether oxygens (including phenoxy) is 2. The molecule has 1 heterocycles. The monoisotopic (exact) mass is 263 g/mol. The first-order valence-electron chi connectivity index (χ1n) is 6.09. The van der Waals surface area contributed by atoms with E-state index >= 15 is 0 Å². The topological polar surface area (TPSA) is 76.2 Å². The molecule has 19 heavy (non-hydrogen) atoms. The van der Waals surface area contributed by atoms with Crippen molar-refractivity contribution in [2.24, 2.45) is 0 Å². The number of carbonyl (C=O) groups is 1. The summed E-state index contributed by atoms with van der Waals surface area (Å²) in [5.41, 5.74) is 1.46. The first-order valence-corrected chi connectivity index (χ1v) is 6.09. The van der Waals surface area contributed by atoms with Crippen molar-refractivity contribution in [1.82, 2.24) is 15.5 Å². The normalized spacial score (nSPS) is 10.8. The second kappa shape index (κ2) is 6.86. The van der Waals surface area contributed by atoms with Gasteiger partial charge in [-0.05, 0) is 12.1 Å². The van der Waals surface area contributed by atoms with E-state index in [1.165, 1.54) is 0 Å². The van der Waals surface area contributed by atoms with Gasteiger partial charge < -0.3 is 14.8 Å². The van der Waals surface area contributed by atoms with Crippen LogP contribution in [-0.4, -0.2) is 49.6 Å². The summed E-state index contributed by atoms with van der Waals surface area (Å²) in [7, 11) is 1.62. The van der Waals surface area contributed by atoms with Gasteiger partial charge in [-0.25, -0.2) is 0 Å². The van der Waals surface area contributed by atoms with E-state index in [2.05, 4.69) is 15.5 Å². The molecule has 0 spiro atoms. The number of rotatable bonds is 7. The Balaban J connectivity index is 1.79. The van der Waals surface area contributed by atoms with Crippen LogP contribution in [0, 0.1) is 0 Å². The molecule has 6 heteroatoms. The number of carbonyl (C=O) groups excluding carboxylic acids is 1. The second-order valence-corrected chi connectivity index (χ2v) is 4.03. The molecular weight excluding hydrogens is 246 g/mol. The molecule has 1 aromatic carbocycles. The van der Waals surface area contributed by atoms with Gasteiger partial charge >= 0.3 is 0 Å². The van der Waals surface area contributed by atoms with Crippen LogP contribution in [0.5, 0.6) is 0 Å². The molecular formula is C13H17N3O3. The largest absolute Gasteiger partial charge is 0.382 e. The van der Waals surface area contributed by atoms with E-state index in [4.69, 9.17) is 9.47 Å². The minimum atomic E-state index is -0.119. The van der Waals surface area contributed by atoms with Crippen LogP contribution in [0.3, 0.4) is 0 Å². The Hall–Kier alpha value is -1.92. The quantitative estimate of drug-likeness (QED) is 0.729. The number of hydrogen-bond acceptors (Lipinski definition) is 4. The summed E-state index contributed by atoms with van der Waals surface area (Å²) < 4.78 is 10.1. The van der Waals surface area contributed by atoms with Crippen molar-refractivity contribution in [3.05, 3.63) is 30.0 Å². The molecule has 0 aliphatic heterocycles. The van der Waals surface area contributed by atoms with Crippen molar-refractivity contribution in [3.8, 4) is 0 Å². The fourth-order valence-electron chi connectivity index (χ4n) is 1.66. The van der Waals surface area contributed by atoms with Crippen LogP contribution in [0.4, 0.5) is 0 Å². The highest BCUT2D eigenvalue weighted by Crippen LogP contribution is 2.12. The van der Waals surface area contributed by atoms with E-state index in [0.717, 1.165) is 10.9 Å². The average molecular weight is 263 g/mol. The summed E-state index contributed by atoms with van der Waals surface area (Å²) in [6, 6.07) is 5.42. The summed E-state index contributed by atoms with van der Waals surface area (Å²) in [6.45, 7) is 2.04. The lowest BCUT2D eigenvalue weighted by Crippen LogP contribution is -2.27. The van der Waals surface area contributed by atoms with Crippen molar-refractivity contribution < 1.29 is 14.3 Å². The maximum Gasteiger partial charge on any atom is 0.251 e. The highest BCUT2D eigenvalue weighted by molar-refractivity contribution is 5.97. The van der Waals surface area contributed by atoms with E-state index in [0.29, 0.717) is 31.9 Å². The van der Waals surface area contributed by atoms with Crippen molar-refractivity contribution in [2.75, 3.05) is 33.5 Å². The highest BCUT2D eigenvalue weighted by atomic mass is 16.5. The Bertz CT molecular complexity index is 539. The maximum absolute atomic E-state index is 11.9. The number of nitrogens with one attached hydrogen (secondary N) is 2. The molecule has 2 N–H and O–H groups in total. The lowest BCUT2D eigenvalue weighted by atomic mass is 10.1. The van der Waals surface area contributed by atoms with E-state index in [1.54, 1.807) is 25.4 Å². The minimum absolute atomic E-state index is 0.119. The van der Waals surface area contributed by atoms with Gasteiger partial charge in [0.15, 0.2) is 0 Å². The lowest BCUT2D eigenvalue weighted by Gasteiger charge is -2.06. The molecule has 1 aromatic heterocycles. The zero-order chi connectivity index (χ0) is 13.5. The molecule has 2 rings (SSSR count). The second-order valence-electron chi connectivity index (χ2n) is 4.03. The van der Waals surface area contributed by atoms with Crippen molar-refractivity contribution in [3.63, 3.8) is 0 Å². The lowest BCUT2D eigenvalue weighted by molar-refractivity contribution is 0.0693. The third-order valence-electron chi connectivity index (χ3n) is 2.67. The zero-order valence-electron chi connectivity index (χ0n) is 10.8. The van der Waals surface area contributed by atoms with Gasteiger partial charge in [-0.1, -0.05) is 6.07 Å². The first-order chi connectivity index (χ1) is 9.31. The third-order valence-corrected chi connectivity index (χ3v) is 2.67. The van der Waals surface area contributed by atoms with Gasteiger partial charge in [0.25, 0.3) is 5.91 Å². The van der Waals surface area contributed by atoms with Gasteiger partial charge in [0.2, 0.25) is 0 Å². The summed E-state index contributed by atoms with van der Waals surface area (Å²) in [5.74, 6) is -0.119. The van der Waals surface area contributed by atoms with Crippen LogP contribution in [-0.2, 0) is 9.47 Å².